The van der Waals surface area contributed by atoms with Crippen LogP contribution in [0.5, 0.6) is 0 Å². The maximum absolute atomic E-state index is 9.21. The number of nitrogens with one attached hydrogen (secondary N) is 2. The second-order valence-corrected chi connectivity index (χ2v) is 7.61. The van der Waals surface area contributed by atoms with Crippen LogP contribution in [-0.2, 0) is 0 Å². The Morgan fingerprint density at radius 2 is 1.70 bits per heavy atom. The Morgan fingerprint density at radius 3 is 2.26 bits per heavy atom. The van der Waals surface area contributed by atoms with Crippen LogP contribution in [0.4, 0.5) is 0 Å². The molecule has 1 aliphatic rings. The molecule has 27 heavy (non-hydrogen) atoms. The lowest BCUT2D eigenvalue weighted by atomic mass is 10.0. The SMILES string of the molecule is CCCC(CCO)CNC(=NCC(C)CN1CCN(CC)CC1)NCC.I. The third-order valence-electron chi connectivity index (χ3n) is 5.18. The van der Waals surface area contributed by atoms with Gasteiger partial charge in [-0.2, -0.15) is 0 Å². The fourth-order valence-corrected chi connectivity index (χ4v) is 3.56. The fraction of sp³-hybridized carbons (Fsp3) is 0.950. The fourth-order valence-electron chi connectivity index (χ4n) is 3.56. The molecule has 0 amide bonds. The molecule has 7 heteroatoms. The molecule has 3 N–H and O–H groups in total. The summed E-state index contributed by atoms with van der Waals surface area (Å²) in [5.41, 5.74) is 0. The zero-order chi connectivity index (χ0) is 19.2. The minimum absolute atomic E-state index is 0. The highest BCUT2D eigenvalue weighted by atomic mass is 127. The molecular formula is C20H44IN5O. The van der Waals surface area contributed by atoms with Crippen LogP contribution >= 0.6 is 24.0 Å². The number of likely N-dealkylation sites (N-methyl/N-ethyl adjacent to an activating group) is 1. The predicted octanol–water partition coefficient (Wildman–Crippen LogP) is 2.23. The van der Waals surface area contributed by atoms with Crippen LogP contribution in [0.2, 0.25) is 0 Å². The maximum atomic E-state index is 9.21. The van der Waals surface area contributed by atoms with Gasteiger partial charge >= 0.3 is 0 Å². The molecule has 0 aromatic rings. The summed E-state index contributed by atoms with van der Waals surface area (Å²) in [7, 11) is 0. The molecule has 1 heterocycles. The molecule has 0 aliphatic carbocycles. The van der Waals surface area contributed by atoms with Gasteiger partial charge in [-0.1, -0.05) is 27.2 Å². The Kier molecular flexibility index (Phi) is 16.7. The zero-order valence-corrected chi connectivity index (χ0v) is 20.4. The molecule has 0 spiro atoms. The highest BCUT2D eigenvalue weighted by molar-refractivity contribution is 14.0. The molecule has 2 atom stereocenters. The van der Waals surface area contributed by atoms with Gasteiger partial charge < -0.3 is 25.5 Å². The van der Waals surface area contributed by atoms with Gasteiger partial charge in [-0.15, -0.1) is 24.0 Å². The van der Waals surface area contributed by atoms with Gasteiger partial charge in [0.25, 0.3) is 0 Å². The van der Waals surface area contributed by atoms with Crippen molar-refractivity contribution in [3.05, 3.63) is 0 Å². The molecule has 0 bridgehead atoms. The van der Waals surface area contributed by atoms with E-state index in [2.05, 4.69) is 48.1 Å². The van der Waals surface area contributed by atoms with Crippen molar-refractivity contribution < 1.29 is 5.11 Å². The van der Waals surface area contributed by atoms with Crippen molar-refractivity contribution >= 4 is 29.9 Å². The van der Waals surface area contributed by atoms with Crippen molar-refractivity contribution in [3.63, 3.8) is 0 Å². The molecule has 1 aliphatic heterocycles. The molecule has 162 valence electrons. The van der Waals surface area contributed by atoms with E-state index in [0.717, 1.165) is 51.4 Å². The van der Waals surface area contributed by atoms with Gasteiger partial charge in [0.2, 0.25) is 0 Å². The van der Waals surface area contributed by atoms with Crippen LogP contribution in [-0.4, -0.2) is 86.4 Å². The molecule has 0 saturated carbocycles. The number of aliphatic hydroxyl groups is 1. The summed E-state index contributed by atoms with van der Waals surface area (Å²) in [6.07, 6.45) is 3.16. The summed E-state index contributed by atoms with van der Waals surface area (Å²) >= 11 is 0. The van der Waals surface area contributed by atoms with Gasteiger partial charge in [0.05, 0.1) is 0 Å². The minimum atomic E-state index is 0. The van der Waals surface area contributed by atoms with Gasteiger partial charge in [0.15, 0.2) is 5.96 Å². The van der Waals surface area contributed by atoms with Crippen molar-refractivity contribution in [1.82, 2.24) is 20.4 Å². The minimum Gasteiger partial charge on any atom is -0.396 e. The number of hydrogen-bond donors (Lipinski definition) is 3. The van der Waals surface area contributed by atoms with Crippen LogP contribution in [0.25, 0.3) is 0 Å². The quantitative estimate of drug-likeness (QED) is 0.219. The number of rotatable bonds is 12. The Hall–Kier alpha value is -0.120. The highest BCUT2D eigenvalue weighted by Gasteiger charge is 2.17. The normalized spacial score (nSPS) is 18.6. The van der Waals surface area contributed by atoms with Crippen LogP contribution in [0.3, 0.4) is 0 Å². The number of guanidine groups is 1. The molecule has 1 rings (SSSR count). The predicted molar refractivity (Wildman–Crippen MR) is 127 cm³/mol. The first-order valence-electron chi connectivity index (χ1n) is 10.7. The Balaban J connectivity index is 0.00000676. The smallest absolute Gasteiger partial charge is 0.191 e. The number of piperazine rings is 1. The summed E-state index contributed by atoms with van der Waals surface area (Å²) < 4.78 is 0. The van der Waals surface area contributed by atoms with E-state index in [4.69, 9.17) is 4.99 Å². The van der Waals surface area contributed by atoms with Crippen LogP contribution in [0.15, 0.2) is 4.99 Å². The van der Waals surface area contributed by atoms with E-state index >= 15 is 0 Å². The van der Waals surface area contributed by atoms with Crippen molar-refractivity contribution in [1.29, 1.82) is 0 Å². The number of halogens is 1. The lowest BCUT2D eigenvalue weighted by Gasteiger charge is -2.35. The van der Waals surface area contributed by atoms with Crippen LogP contribution < -0.4 is 10.6 Å². The summed E-state index contributed by atoms with van der Waals surface area (Å²) in [6, 6.07) is 0. The van der Waals surface area contributed by atoms with Crippen LogP contribution in [0.1, 0.15) is 47.0 Å². The first-order chi connectivity index (χ1) is 12.6. The average molecular weight is 498 g/mol. The van der Waals surface area contributed by atoms with E-state index in [1.54, 1.807) is 0 Å². The Labute approximate surface area is 184 Å². The van der Waals surface area contributed by atoms with E-state index in [1.807, 2.05) is 0 Å². The standard InChI is InChI=1S/C20H43N5O.HI/c1-5-8-19(9-14-26)16-23-20(21-6-2)22-15-18(4)17-25-12-10-24(7-3)11-13-25;/h18-19,26H,5-17H2,1-4H3,(H2,21,22,23);1H. The second kappa shape index (κ2) is 16.8. The number of aliphatic hydroxyl groups excluding tert-OH is 1. The van der Waals surface area contributed by atoms with E-state index in [9.17, 15) is 5.11 Å². The van der Waals surface area contributed by atoms with Gasteiger partial charge in [-0.05, 0) is 38.1 Å². The summed E-state index contributed by atoms with van der Waals surface area (Å²) in [6.45, 7) is 18.8. The molecule has 0 aromatic heterocycles. The van der Waals surface area contributed by atoms with E-state index in [1.165, 1.54) is 32.7 Å². The van der Waals surface area contributed by atoms with Gasteiger partial charge in [0.1, 0.15) is 0 Å². The highest BCUT2D eigenvalue weighted by Crippen LogP contribution is 2.09. The largest absolute Gasteiger partial charge is 0.396 e. The Bertz CT molecular complexity index is 369. The molecule has 1 saturated heterocycles. The zero-order valence-electron chi connectivity index (χ0n) is 18.0. The van der Waals surface area contributed by atoms with Gasteiger partial charge in [0, 0.05) is 59.0 Å². The summed E-state index contributed by atoms with van der Waals surface area (Å²) in [5.74, 6) is 1.98. The lowest BCUT2D eigenvalue weighted by molar-refractivity contribution is 0.125. The van der Waals surface area contributed by atoms with Crippen molar-refractivity contribution in [2.75, 3.05) is 65.5 Å². The first kappa shape index (κ1) is 26.9. The number of aliphatic imine (C=N–C) groups is 1. The average Bonchev–Trinajstić information content (AvgIpc) is 2.65. The molecular weight excluding hydrogens is 453 g/mol. The van der Waals surface area contributed by atoms with Crippen molar-refractivity contribution in [2.45, 2.75) is 47.0 Å². The van der Waals surface area contributed by atoms with Crippen molar-refractivity contribution in [3.8, 4) is 0 Å². The number of hydrogen-bond acceptors (Lipinski definition) is 4. The van der Waals surface area contributed by atoms with Crippen molar-refractivity contribution in [2.24, 2.45) is 16.8 Å². The molecule has 1 fully saturated rings. The van der Waals surface area contributed by atoms with Gasteiger partial charge in [-0.25, -0.2) is 0 Å². The van der Waals surface area contributed by atoms with E-state index < -0.39 is 0 Å². The van der Waals surface area contributed by atoms with Gasteiger partial charge in [-0.3, -0.25) is 4.99 Å². The first-order valence-corrected chi connectivity index (χ1v) is 10.7. The molecule has 0 aromatic carbocycles. The third kappa shape index (κ3) is 12.1. The topological polar surface area (TPSA) is 63.1 Å². The summed E-state index contributed by atoms with van der Waals surface area (Å²) in [5, 5.41) is 16.0. The maximum Gasteiger partial charge on any atom is 0.191 e. The monoisotopic (exact) mass is 497 g/mol. The Morgan fingerprint density at radius 1 is 1.04 bits per heavy atom. The number of nitrogens with zero attached hydrogens (tertiary/aromatic N) is 3. The molecule has 0 radical (unpaired) electrons. The van der Waals surface area contributed by atoms with E-state index in [0.29, 0.717) is 11.8 Å². The third-order valence-corrected chi connectivity index (χ3v) is 5.18. The lowest BCUT2D eigenvalue weighted by Crippen LogP contribution is -2.47. The van der Waals surface area contributed by atoms with E-state index in [-0.39, 0.29) is 30.6 Å². The summed E-state index contributed by atoms with van der Waals surface area (Å²) in [4.78, 5) is 9.89. The second-order valence-electron chi connectivity index (χ2n) is 7.61. The molecule has 6 nitrogen and oxygen atoms in total. The van der Waals surface area contributed by atoms with Crippen LogP contribution in [0, 0.1) is 11.8 Å². The molecule has 2 unspecified atom stereocenters.